The first-order valence-corrected chi connectivity index (χ1v) is 11.2. The first-order chi connectivity index (χ1) is 13.8. The van der Waals surface area contributed by atoms with Crippen molar-refractivity contribution in [2.75, 3.05) is 0 Å². The summed E-state index contributed by atoms with van der Waals surface area (Å²) in [5.41, 5.74) is 10.7. The van der Waals surface area contributed by atoms with E-state index in [0.717, 1.165) is 24.8 Å². The van der Waals surface area contributed by atoms with Gasteiger partial charge in [0, 0.05) is 13.3 Å². The van der Waals surface area contributed by atoms with Crippen LogP contribution in [0.15, 0.2) is 24.3 Å². The van der Waals surface area contributed by atoms with Crippen LogP contribution in [0.4, 0.5) is 0 Å². The van der Waals surface area contributed by atoms with Gasteiger partial charge in [0.15, 0.2) is 0 Å². The first-order valence-electron chi connectivity index (χ1n) is 11.2. The van der Waals surface area contributed by atoms with E-state index in [1.807, 2.05) is 0 Å². The number of hydrogen-bond donors (Lipinski definition) is 0. The van der Waals surface area contributed by atoms with Crippen molar-refractivity contribution in [2.45, 2.75) is 98.5 Å². The van der Waals surface area contributed by atoms with E-state index in [1.165, 1.54) is 45.9 Å². The average Bonchev–Trinajstić information content (AvgIpc) is 2.59. The number of carbonyl (C=O) groups is 1. The lowest BCUT2D eigenvalue weighted by Gasteiger charge is -2.29. The highest BCUT2D eigenvalue weighted by atomic mass is 16.5. The third-order valence-corrected chi connectivity index (χ3v) is 6.63. The molecule has 2 aromatic rings. The van der Waals surface area contributed by atoms with Crippen LogP contribution in [0.2, 0.25) is 0 Å². The highest BCUT2D eigenvalue weighted by molar-refractivity contribution is 5.66. The molecule has 3 rings (SSSR count). The fourth-order valence-corrected chi connectivity index (χ4v) is 4.45. The van der Waals surface area contributed by atoms with Gasteiger partial charge in [-0.05, 0) is 82.0 Å². The molecular weight excluding hydrogens is 368 g/mol. The van der Waals surface area contributed by atoms with E-state index in [4.69, 9.17) is 4.74 Å². The second kappa shape index (κ2) is 7.87. The molecule has 30 heavy (non-hydrogen) atoms. The Morgan fingerprint density at radius 3 is 1.77 bits per heavy atom. The molecule has 4 bridgehead atoms. The van der Waals surface area contributed by atoms with Gasteiger partial charge in [-0.2, -0.15) is 0 Å². The SMILES string of the molecule is CC(=O)OC1Cc2cc(C(C)(C)C)cc(c2C)CCc2cc(C(C)(C)C)cc1c2C. The van der Waals surface area contributed by atoms with E-state index in [1.54, 1.807) is 0 Å². The van der Waals surface area contributed by atoms with Crippen molar-refractivity contribution in [1.29, 1.82) is 0 Å². The molecule has 0 amide bonds. The third-order valence-electron chi connectivity index (χ3n) is 6.63. The number of fused-ring (bicyclic) bond motifs is 4. The molecule has 0 fully saturated rings. The molecule has 0 radical (unpaired) electrons. The number of hydrogen-bond acceptors (Lipinski definition) is 2. The predicted molar refractivity (Wildman–Crippen MR) is 125 cm³/mol. The van der Waals surface area contributed by atoms with Crippen LogP contribution < -0.4 is 0 Å². The molecule has 1 unspecified atom stereocenters. The van der Waals surface area contributed by atoms with E-state index in [2.05, 4.69) is 79.7 Å². The van der Waals surface area contributed by atoms with Gasteiger partial charge < -0.3 is 4.74 Å². The summed E-state index contributed by atoms with van der Waals surface area (Å²) < 4.78 is 5.95. The van der Waals surface area contributed by atoms with Crippen LogP contribution in [0.5, 0.6) is 0 Å². The fourth-order valence-electron chi connectivity index (χ4n) is 4.45. The lowest BCUT2D eigenvalue weighted by Crippen LogP contribution is -2.20. The van der Waals surface area contributed by atoms with E-state index in [0.29, 0.717) is 0 Å². The minimum absolute atomic E-state index is 0.0473. The summed E-state index contributed by atoms with van der Waals surface area (Å²) in [5.74, 6) is -0.218. The van der Waals surface area contributed by atoms with Crippen molar-refractivity contribution < 1.29 is 9.53 Å². The molecular formula is C28H38O2. The molecule has 1 aliphatic rings. The number of carbonyl (C=O) groups excluding carboxylic acids is 1. The summed E-state index contributed by atoms with van der Waals surface area (Å²) in [6.45, 7) is 19.5. The highest BCUT2D eigenvalue weighted by Gasteiger charge is 2.27. The molecule has 2 heteroatoms. The Bertz CT molecular complexity index is 968. The van der Waals surface area contributed by atoms with Gasteiger partial charge in [-0.25, -0.2) is 0 Å². The summed E-state index contributed by atoms with van der Waals surface area (Å²) in [5, 5.41) is 0. The van der Waals surface area contributed by atoms with Gasteiger partial charge in [0.1, 0.15) is 6.10 Å². The largest absolute Gasteiger partial charge is 0.457 e. The van der Waals surface area contributed by atoms with Crippen LogP contribution in [0.1, 0.15) is 99.1 Å². The Hall–Kier alpha value is -2.09. The maximum absolute atomic E-state index is 12.1. The number of ether oxygens (including phenoxy) is 1. The molecule has 0 heterocycles. The van der Waals surface area contributed by atoms with Crippen LogP contribution in [0.3, 0.4) is 0 Å². The Morgan fingerprint density at radius 2 is 1.27 bits per heavy atom. The molecule has 0 saturated heterocycles. The summed E-state index contributed by atoms with van der Waals surface area (Å²) in [6, 6.07) is 9.37. The first kappa shape index (κ1) is 22.6. The van der Waals surface area contributed by atoms with Gasteiger partial charge >= 0.3 is 5.97 Å². The molecule has 2 aromatic carbocycles. The lowest BCUT2D eigenvalue weighted by atomic mass is 9.78. The standard InChI is InChI=1S/C28H38O2/c1-17-20-10-11-21-13-24(28(7,8)9)16-25(18(21)2)26(30-19(3)29)15-22(17)14-23(12-20)27(4,5)6/h12-14,16,26H,10-11,15H2,1-9H3. The zero-order valence-corrected chi connectivity index (χ0v) is 20.3. The quantitative estimate of drug-likeness (QED) is 0.484. The normalized spacial score (nSPS) is 16.9. The van der Waals surface area contributed by atoms with Gasteiger partial charge in [-0.1, -0.05) is 65.8 Å². The Morgan fingerprint density at radius 1 is 0.800 bits per heavy atom. The van der Waals surface area contributed by atoms with Crippen LogP contribution in [-0.2, 0) is 39.6 Å². The van der Waals surface area contributed by atoms with E-state index < -0.39 is 0 Å². The van der Waals surface area contributed by atoms with Crippen molar-refractivity contribution >= 4 is 5.97 Å². The van der Waals surface area contributed by atoms with E-state index in [9.17, 15) is 4.79 Å². The van der Waals surface area contributed by atoms with E-state index in [-0.39, 0.29) is 22.9 Å². The van der Waals surface area contributed by atoms with Crippen molar-refractivity contribution in [1.82, 2.24) is 0 Å². The molecule has 0 spiro atoms. The van der Waals surface area contributed by atoms with Gasteiger partial charge in [-0.3, -0.25) is 4.79 Å². The zero-order valence-electron chi connectivity index (χ0n) is 20.3. The molecule has 0 N–H and O–H groups in total. The van der Waals surface area contributed by atoms with Crippen molar-refractivity contribution in [3.05, 3.63) is 68.8 Å². The fraction of sp³-hybridized carbons (Fsp3) is 0.536. The molecule has 0 saturated carbocycles. The molecule has 1 aliphatic carbocycles. The second-order valence-electron chi connectivity index (χ2n) is 11.1. The minimum Gasteiger partial charge on any atom is -0.457 e. The predicted octanol–water partition coefficient (Wildman–Crippen LogP) is 6.84. The summed E-state index contributed by atoms with van der Waals surface area (Å²) in [4.78, 5) is 12.1. The summed E-state index contributed by atoms with van der Waals surface area (Å²) >= 11 is 0. The Balaban J connectivity index is 2.24. The highest BCUT2D eigenvalue weighted by Crippen LogP contribution is 2.37. The molecule has 162 valence electrons. The van der Waals surface area contributed by atoms with Gasteiger partial charge in [0.25, 0.3) is 0 Å². The summed E-state index contributed by atoms with van der Waals surface area (Å²) in [7, 11) is 0. The lowest BCUT2D eigenvalue weighted by molar-refractivity contribution is -0.146. The monoisotopic (exact) mass is 406 g/mol. The van der Waals surface area contributed by atoms with Gasteiger partial charge in [0.05, 0.1) is 0 Å². The maximum atomic E-state index is 12.1. The number of aryl methyl sites for hydroxylation is 2. The molecule has 1 atom stereocenters. The average molecular weight is 407 g/mol. The van der Waals surface area contributed by atoms with Crippen molar-refractivity contribution in [3.8, 4) is 0 Å². The minimum atomic E-state index is -0.261. The van der Waals surface area contributed by atoms with Crippen molar-refractivity contribution in [3.63, 3.8) is 0 Å². The van der Waals surface area contributed by atoms with Crippen LogP contribution >= 0.6 is 0 Å². The van der Waals surface area contributed by atoms with Crippen LogP contribution in [0, 0.1) is 13.8 Å². The Kier molecular flexibility index (Phi) is 5.93. The maximum Gasteiger partial charge on any atom is 0.303 e. The molecule has 2 nitrogen and oxygen atoms in total. The second-order valence-corrected chi connectivity index (χ2v) is 11.1. The molecule has 0 aliphatic heterocycles. The van der Waals surface area contributed by atoms with E-state index >= 15 is 0 Å². The number of benzene rings is 2. The van der Waals surface area contributed by atoms with Gasteiger partial charge in [0.2, 0.25) is 0 Å². The van der Waals surface area contributed by atoms with Gasteiger partial charge in [-0.15, -0.1) is 0 Å². The summed E-state index contributed by atoms with van der Waals surface area (Å²) in [6.07, 6.45) is 2.50. The number of esters is 1. The third kappa shape index (κ3) is 4.63. The van der Waals surface area contributed by atoms with Crippen LogP contribution in [-0.4, -0.2) is 5.97 Å². The molecule has 0 aromatic heterocycles. The number of rotatable bonds is 1. The van der Waals surface area contributed by atoms with Crippen LogP contribution in [0.25, 0.3) is 0 Å². The van der Waals surface area contributed by atoms with Crippen molar-refractivity contribution in [2.24, 2.45) is 0 Å². The smallest absolute Gasteiger partial charge is 0.303 e. The zero-order chi connectivity index (χ0) is 22.4. The Labute approximate surface area is 183 Å². The topological polar surface area (TPSA) is 26.3 Å².